The van der Waals surface area contributed by atoms with Gasteiger partial charge in [-0.1, -0.05) is 0 Å². The van der Waals surface area contributed by atoms with Crippen LogP contribution in [-0.2, 0) is 13.9 Å². The Hall–Kier alpha value is -0.0700. The number of thiol groups is 1. The van der Waals surface area contributed by atoms with Crippen molar-refractivity contribution in [3.8, 4) is 0 Å². The molecule has 0 aromatic rings. The van der Waals surface area contributed by atoms with E-state index in [1.165, 1.54) is 0 Å². The highest BCUT2D eigenvalue weighted by atomic mass is 32.1. The highest BCUT2D eigenvalue weighted by Crippen LogP contribution is 2.28. The average molecular weight is 241 g/mol. The number of rotatable bonds is 6. The van der Waals surface area contributed by atoms with Gasteiger partial charge in [-0.05, 0) is 6.92 Å². The zero-order valence-electron chi connectivity index (χ0n) is 8.02. The van der Waals surface area contributed by atoms with E-state index in [9.17, 15) is 14.3 Å². The molecule has 0 aliphatic heterocycles. The van der Waals surface area contributed by atoms with Crippen molar-refractivity contribution >= 4 is 26.3 Å². The Bertz CT molecular complexity index is 238. The van der Waals surface area contributed by atoms with Crippen LogP contribution in [0.3, 0.4) is 0 Å². The maximum Gasteiger partial charge on any atom is 0.234 e. The molecule has 0 aliphatic carbocycles. The third kappa shape index (κ3) is 6.39. The van der Waals surface area contributed by atoms with Crippen LogP contribution in [-0.4, -0.2) is 31.4 Å². The van der Waals surface area contributed by atoms with Crippen LogP contribution in [0.4, 0.5) is 0 Å². The van der Waals surface area contributed by atoms with E-state index in [0.717, 1.165) is 7.11 Å². The molecule has 6 nitrogen and oxygen atoms in total. The number of carbonyl (C=O) groups excluding carboxylic acids is 1. The van der Waals surface area contributed by atoms with Crippen LogP contribution in [0.5, 0.6) is 0 Å². The molecular formula is C6H14N2O4PS-. The first-order valence-electron chi connectivity index (χ1n) is 3.93. The molecule has 0 saturated heterocycles. The Balaban J connectivity index is 3.80. The van der Waals surface area contributed by atoms with Gasteiger partial charge in [-0.25, -0.2) is 5.09 Å². The highest BCUT2D eigenvalue weighted by molar-refractivity contribution is 7.80. The Morgan fingerprint density at radius 2 is 2.29 bits per heavy atom. The number of hydrogen-bond acceptors (Lipinski definition) is 5. The summed E-state index contributed by atoms with van der Waals surface area (Å²) < 4.78 is 14.9. The number of hydrogen-bond donors (Lipinski definition) is 3. The van der Waals surface area contributed by atoms with Crippen LogP contribution in [0.2, 0.25) is 0 Å². The van der Waals surface area contributed by atoms with E-state index < -0.39 is 13.7 Å². The molecule has 0 saturated carbocycles. The summed E-state index contributed by atoms with van der Waals surface area (Å²) in [5.74, 6) is 0.0742. The van der Waals surface area contributed by atoms with Crippen molar-refractivity contribution in [1.82, 2.24) is 10.4 Å². The normalized spacial score (nSPS) is 17.1. The van der Waals surface area contributed by atoms with Gasteiger partial charge in [0, 0.05) is 18.9 Å². The molecule has 0 radical (unpaired) electrons. The Morgan fingerprint density at radius 3 is 2.71 bits per heavy atom. The summed E-state index contributed by atoms with van der Waals surface area (Å²) in [5, 5.41) is 4.51. The monoisotopic (exact) mass is 241 g/mol. The van der Waals surface area contributed by atoms with E-state index >= 15 is 0 Å². The fourth-order valence-corrected chi connectivity index (χ4v) is 1.16. The topological polar surface area (TPSA) is 90.5 Å². The summed E-state index contributed by atoms with van der Waals surface area (Å²) in [6.45, 7) is 1.44. The Kier molecular flexibility index (Phi) is 6.39. The summed E-state index contributed by atoms with van der Waals surface area (Å²) in [4.78, 5) is 21.8. The van der Waals surface area contributed by atoms with E-state index in [1.54, 1.807) is 6.92 Å². The molecule has 0 bridgehead atoms. The second-order valence-corrected chi connectivity index (χ2v) is 4.71. The van der Waals surface area contributed by atoms with Gasteiger partial charge in [-0.3, -0.25) is 9.36 Å². The van der Waals surface area contributed by atoms with Crippen molar-refractivity contribution in [3.63, 3.8) is 0 Å². The van der Waals surface area contributed by atoms with E-state index in [2.05, 4.69) is 22.5 Å². The maximum absolute atomic E-state index is 11.1. The van der Waals surface area contributed by atoms with Crippen LogP contribution in [0.1, 0.15) is 6.92 Å². The summed E-state index contributed by atoms with van der Waals surface area (Å²) in [6.07, 6.45) is 0. The lowest BCUT2D eigenvalue weighted by Gasteiger charge is -2.21. The van der Waals surface area contributed by atoms with Gasteiger partial charge in [-0.2, -0.15) is 12.6 Å². The minimum atomic E-state index is -4.06. The Labute approximate surface area is 88.4 Å². The first-order chi connectivity index (χ1) is 6.41. The van der Waals surface area contributed by atoms with Gasteiger partial charge in [0.05, 0.1) is 6.54 Å². The third-order valence-electron chi connectivity index (χ3n) is 1.35. The largest absolute Gasteiger partial charge is 0.766 e. The van der Waals surface area contributed by atoms with Crippen molar-refractivity contribution < 1.29 is 18.8 Å². The molecule has 8 heteroatoms. The lowest BCUT2D eigenvalue weighted by molar-refractivity contribution is -0.200. The quantitative estimate of drug-likeness (QED) is 0.415. The number of amides is 1. The van der Waals surface area contributed by atoms with E-state index in [4.69, 9.17) is 0 Å². The molecule has 0 fully saturated rings. The van der Waals surface area contributed by atoms with Crippen LogP contribution in [0.15, 0.2) is 0 Å². The van der Waals surface area contributed by atoms with Gasteiger partial charge >= 0.3 is 0 Å². The van der Waals surface area contributed by atoms with Crippen molar-refractivity contribution in [2.75, 3.05) is 19.4 Å². The van der Waals surface area contributed by atoms with Crippen LogP contribution in [0.25, 0.3) is 0 Å². The molecule has 2 N–H and O–H groups in total. The summed E-state index contributed by atoms with van der Waals surface area (Å²) in [5.41, 5.74) is 0. The minimum absolute atomic E-state index is 0.0961. The summed E-state index contributed by atoms with van der Waals surface area (Å²) in [6, 6.07) is -0.0961. The van der Waals surface area contributed by atoms with Gasteiger partial charge in [0.2, 0.25) is 13.7 Å². The van der Waals surface area contributed by atoms with Gasteiger partial charge in [0.25, 0.3) is 0 Å². The smallest absolute Gasteiger partial charge is 0.234 e. The lowest BCUT2D eigenvalue weighted by atomic mass is 10.4. The molecule has 0 aromatic heterocycles. The SMILES string of the molecule is COP(=O)([O-])NCC(=O)NC(C)CS. The fraction of sp³-hybridized carbons (Fsp3) is 0.833. The van der Waals surface area contributed by atoms with Crippen LogP contribution >= 0.6 is 20.4 Å². The predicted molar refractivity (Wildman–Crippen MR) is 54.1 cm³/mol. The van der Waals surface area contributed by atoms with Gasteiger partial charge in [0.1, 0.15) is 0 Å². The molecule has 0 aliphatic rings. The first kappa shape index (κ1) is 13.9. The highest BCUT2D eigenvalue weighted by Gasteiger charge is 2.09. The molecule has 0 aromatic carbocycles. The molecule has 2 atom stereocenters. The predicted octanol–water partition coefficient (Wildman–Crippen LogP) is -0.875. The van der Waals surface area contributed by atoms with E-state index in [1.807, 2.05) is 5.09 Å². The molecule has 0 spiro atoms. The summed E-state index contributed by atoms with van der Waals surface area (Å²) in [7, 11) is -3.04. The second-order valence-electron chi connectivity index (χ2n) is 2.67. The number of nitrogens with one attached hydrogen (secondary N) is 2. The molecule has 14 heavy (non-hydrogen) atoms. The minimum Gasteiger partial charge on any atom is -0.766 e. The van der Waals surface area contributed by atoms with Crippen molar-refractivity contribution in [3.05, 3.63) is 0 Å². The molecule has 2 unspecified atom stereocenters. The van der Waals surface area contributed by atoms with Crippen molar-refractivity contribution in [2.24, 2.45) is 0 Å². The second kappa shape index (κ2) is 6.42. The van der Waals surface area contributed by atoms with Gasteiger partial charge < -0.3 is 14.7 Å². The van der Waals surface area contributed by atoms with Gasteiger partial charge in [0.15, 0.2) is 0 Å². The molecule has 1 amide bonds. The van der Waals surface area contributed by atoms with E-state index in [0.29, 0.717) is 5.75 Å². The van der Waals surface area contributed by atoms with Crippen molar-refractivity contribution in [2.45, 2.75) is 13.0 Å². The van der Waals surface area contributed by atoms with Crippen LogP contribution in [0, 0.1) is 0 Å². The fourth-order valence-electron chi connectivity index (χ4n) is 0.605. The van der Waals surface area contributed by atoms with E-state index in [-0.39, 0.29) is 12.6 Å². The summed E-state index contributed by atoms with van der Waals surface area (Å²) >= 11 is 3.96. The third-order valence-corrected chi connectivity index (χ3v) is 2.93. The Morgan fingerprint density at radius 1 is 1.71 bits per heavy atom. The molecule has 0 heterocycles. The zero-order valence-corrected chi connectivity index (χ0v) is 9.81. The first-order valence-corrected chi connectivity index (χ1v) is 6.11. The molecule has 0 rings (SSSR count). The standard InChI is InChI=1S/C6H15N2O4PS/c1-5(4-14)8-6(9)3-7-13(10,11)12-2/h5,14H,3-4H2,1-2H3,(H,8,9)(H2,7,10,11)/p-1. The zero-order chi connectivity index (χ0) is 11.2. The lowest BCUT2D eigenvalue weighted by Crippen LogP contribution is -2.40. The molecule has 84 valence electrons. The van der Waals surface area contributed by atoms with Crippen molar-refractivity contribution in [1.29, 1.82) is 0 Å². The average Bonchev–Trinajstić information content (AvgIpc) is 2.15. The van der Waals surface area contributed by atoms with Crippen LogP contribution < -0.4 is 15.3 Å². The molecular weight excluding hydrogens is 227 g/mol. The number of carbonyl (C=O) groups is 1. The van der Waals surface area contributed by atoms with Gasteiger partial charge in [-0.15, -0.1) is 0 Å². The maximum atomic E-state index is 11.1.